The molecular weight excluding hydrogens is 296 g/mol. The first-order chi connectivity index (χ1) is 11.1. The molecule has 1 atom stereocenters. The quantitative estimate of drug-likeness (QED) is 0.369. The van der Waals surface area contributed by atoms with Gasteiger partial charge in [0, 0.05) is 6.20 Å². The second kappa shape index (κ2) is 7.84. The van der Waals surface area contributed by atoms with Crippen LogP contribution in [0.1, 0.15) is 24.3 Å². The molecule has 0 aliphatic heterocycles. The molecule has 0 saturated heterocycles. The van der Waals surface area contributed by atoms with Crippen LogP contribution in [0.2, 0.25) is 0 Å². The van der Waals surface area contributed by atoms with Gasteiger partial charge in [-0.2, -0.15) is 0 Å². The second-order valence-corrected chi connectivity index (χ2v) is 4.74. The first kappa shape index (κ1) is 16.4. The number of carboxylic acids is 1. The third-order valence-corrected chi connectivity index (χ3v) is 3.16. The summed E-state index contributed by atoms with van der Waals surface area (Å²) in [7, 11) is 1.39. The zero-order valence-corrected chi connectivity index (χ0v) is 12.9. The van der Waals surface area contributed by atoms with E-state index in [0.717, 1.165) is 11.8 Å². The number of aliphatic carboxylic acids is 1. The molecule has 0 aliphatic carbocycles. The van der Waals surface area contributed by atoms with Crippen molar-refractivity contribution < 1.29 is 19.5 Å². The van der Waals surface area contributed by atoms with Crippen LogP contribution in [0, 0.1) is 0 Å². The highest BCUT2D eigenvalue weighted by Crippen LogP contribution is 2.16. The van der Waals surface area contributed by atoms with Gasteiger partial charge in [-0.05, 0) is 24.6 Å². The summed E-state index contributed by atoms with van der Waals surface area (Å²) in [5.74, 6) is -1.10. The van der Waals surface area contributed by atoms with Crippen molar-refractivity contribution in [2.75, 3.05) is 7.11 Å². The Morgan fingerprint density at radius 1 is 1.26 bits per heavy atom. The van der Waals surface area contributed by atoms with E-state index in [2.05, 4.69) is 5.16 Å². The van der Waals surface area contributed by atoms with Gasteiger partial charge in [-0.3, -0.25) is 0 Å². The largest absolute Gasteiger partial charge is 0.502 e. The molecule has 1 aromatic heterocycles. The molecular formula is C17H18N2O4. The molecule has 0 aliphatic rings. The number of oxime groups is 1. The highest BCUT2D eigenvalue weighted by molar-refractivity contribution is 6.09. The molecule has 0 radical (unpaired) electrons. The van der Waals surface area contributed by atoms with E-state index < -0.39 is 5.97 Å². The molecule has 0 fully saturated rings. The van der Waals surface area contributed by atoms with Gasteiger partial charge in [-0.1, -0.05) is 35.5 Å². The summed E-state index contributed by atoms with van der Waals surface area (Å²) in [6.07, 6.45) is 4.03. The molecule has 6 heteroatoms. The number of benzene rings is 1. The van der Waals surface area contributed by atoms with Gasteiger partial charge < -0.3 is 19.2 Å². The summed E-state index contributed by atoms with van der Waals surface area (Å²) in [6.45, 7) is 1.89. The number of nitrogens with zero attached hydrogens (tertiary/aromatic N) is 2. The molecule has 6 nitrogen and oxygen atoms in total. The van der Waals surface area contributed by atoms with E-state index in [1.807, 2.05) is 37.3 Å². The van der Waals surface area contributed by atoms with Crippen LogP contribution < -0.4 is 0 Å². The Bertz CT molecular complexity index is 704. The molecule has 0 spiro atoms. The van der Waals surface area contributed by atoms with Crippen LogP contribution in [0.15, 0.2) is 60.1 Å². The van der Waals surface area contributed by atoms with Gasteiger partial charge in [-0.25, -0.2) is 4.79 Å². The van der Waals surface area contributed by atoms with E-state index in [1.54, 1.807) is 18.3 Å². The molecule has 1 N–H and O–H groups in total. The van der Waals surface area contributed by atoms with Crippen LogP contribution in [0.25, 0.3) is 5.70 Å². The fraction of sp³-hybridized carbons (Fsp3) is 0.176. The number of methoxy groups -OCH3 is 1. The molecule has 2 aromatic rings. The van der Waals surface area contributed by atoms with E-state index in [-0.39, 0.29) is 11.8 Å². The smallest absolute Gasteiger partial charge is 0.356 e. The fourth-order valence-corrected chi connectivity index (χ4v) is 2.00. The monoisotopic (exact) mass is 314 g/mol. The normalized spacial score (nSPS) is 13.0. The lowest BCUT2D eigenvalue weighted by atomic mass is 10.1. The molecule has 1 aromatic carbocycles. The molecule has 0 bridgehead atoms. The van der Waals surface area contributed by atoms with E-state index in [4.69, 9.17) is 9.57 Å². The molecule has 120 valence electrons. The SMILES string of the molecule is COC=C(C(=O)O)n1cccc1C=NOC(C)c1ccccc1. The Hall–Kier alpha value is -3.02. The van der Waals surface area contributed by atoms with Gasteiger partial charge in [0.25, 0.3) is 0 Å². The Balaban J connectivity index is 2.11. The van der Waals surface area contributed by atoms with E-state index in [0.29, 0.717) is 5.69 Å². The maximum atomic E-state index is 11.3. The second-order valence-electron chi connectivity index (χ2n) is 4.74. The number of hydrogen-bond acceptors (Lipinski definition) is 4. The average Bonchev–Trinajstić information content (AvgIpc) is 3.01. The predicted octanol–water partition coefficient (Wildman–Crippen LogP) is 3.13. The Kier molecular flexibility index (Phi) is 5.57. The maximum absolute atomic E-state index is 11.3. The summed E-state index contributed by atoms with van der Waals surface area (Å²) in [4.78, 5) is 16.7. The predicted molar refractivity (Wildman–Crippen MR) is 86.9 cm³/mol. The van der Waals surface area contributed by atoms with Crippen molar-refractivity contribution in [2.24, 2.45) is 5.16 Å². The van der Waals surface area contributed by atoms with Crippen molar-refractivity contribution in [3.8, 4) is 0 Å². The number of hydrogen-bond donors (Lipinski definition) is 1. The Morgan fingerprint density at radius 2 is 2.00 bits per heavy atom. The minimum atomic E-state index is -1.10. The lowest BCUT2D eigenvalue weighted by Crippen LogP contribution is -2.10. The average molecular weight is 314 g/mol. The summed E-state index contributed by atoms with van der Waals surface area (Å²) in [6, 6.07) is 13.1. The van der Waals surface area contributed by atoms with Gasteiger partial charge in [0.1, 0.15) is 12.4 Å². The van der Waals surface area contributed by atoms with Crippen LogP contribution in [0.3, 0.4) is 0 Å². The summed E-state index contributed by atoms with van der Waals surface area (Å²) in [5, 5.41) is 13.2. The van der Waals surface area contributed by atoms with Gasteiger partial charge >= 0.3 is 5.97 Å². The van der Waals surface area contributed by atoms with Crippen LogP contribution in [-0.2, 0) is 14.4 Å². The minimum absolute atomic E-state index is 0.0185. The van der Waals surface area contributed by atoms with Gasteiger partial charge in [-0.15, -0.1) is 0 Å². The summed E-state index contributed by atoms with van der Waals surface area (Å²) in [5.41, 5.74) is 1.55. The van der Waals surface area contributed by atoms with Crippen LogP contribution in [-0.4, -0.2) is 29.0 Å². The molecule has 0 amide bonds. The fourth-order valence-electron chi connectivity index (χ4n) is 2.00. The van der Waals surface area contributed by atoms with Crippen molar-refractivity contribution in [3.63, 3.8) is 0 Å². The van der Waals surface area contributed by atoms with Crippen molar-refractivity contribution in [1.82, 2.24) is 4.57 Å². The van der Waals surface area contributed by atoms with Crippen LogP contribution in [0.5, 0.6) is 0 Å². The van der Waals surface area contributed by atoms with Crippen molar-refractivity contribution in [2.45, 2.75) is 13.0 Å². The van der Waals surface area contributed by atoms with E-state index in [1.165, 1.54) is 17.9 Å². The number of carboxylic acid groups (broad SMARTS) is 1. The van der Waals surface area contributed by atoms with E-state index >= 15 is 0 Å². The first-order valence-corrected chi connectivity index (χ1v) is 7.01. The lowest BCUT2D eigenvalue weighted by molar-refractivity contribution is -0.130. The zero-order chi connectivity index (χ0) is 16.7. The maximum Gasteiger partial charge on any atom is 0.356 e. The van der Waals surface area contributed by atoms with Gasteiger partial charge in [0.05, 0.1) is 19.0 Å². The molecule has 1 heterocycles. The number of rotatable bonds is 7. The van der Waals surface area contributed by atoms with Crippen molar-refractivity contribution >= 4 is 17.9 Å². The van der Waals surface area contributed by atoms with Crippen molar-refractivity contribution in [1.29, 1.82) is 0 Å². The topological polar surface area (TPSA) is 73.0 Å². The van der Waals surface area contributed by atoms with E-state index in [9.17, 15) is 9.90 Å². The molecule has 0 saturated carbocycles. The lowest BCUT2D eigenvalue weighted by Gasteiger charge is -2.10. The standard InChI is InChI=1S/C17H18N2O4/c1-13(14-7-4-3-5-8-14)23-18-11-15-9-6-10-19(15)16(12-22-2)17(20)21/h3-13H,1-2H3,(H,20,21). The number of carbonyl (C=O) groups is 1. The molecule has 1 unspecified atom stereocenters. The third kappa shape index (κ3) is 4.23. The Labute approximate surface area is 134 Å². The summed E-state index contributed by atoms with van der Waals surface area (Å²) >= 11 is 0. The molecule has 2 rings (SSSR count). The summed E-state index contributed by atoms with van der Waals surface area (Å²) < 4.78 is 6.26. The molecule has 23 heavy (non-hydrogen) atoms. The first-order valence-electron chi connectivity index (χ1n) is 7.01. The number of ether oxygens (including phenoxy) is 1. The zero-order valence-electron chi connectivity index (χ0n) is 12.9. The number of aromatic nitrogens is 1. The van der Waals surface area contributed by atoms with Gasteiger partial charge in [0.15, 0.2) is 5.70 Å². The third-order valence-electron chi connectivity index (χ3n) is 3.16. The highest BCUT2D eigenvalue weighted by atomic mass is 16.6. The Morgan fingerprint density at radius 3 is 2.65 bits per heavy atom. The van der Waals surface area contributed by atoms with Gasteiger partial charge in [0.2, 0.25) is 0 Å². The highest BCUT2D eigenvalue weighted by Gasteiger charge is 2.13. The van der Waals surface area contributed by atoms with Crippen molar-refractivity contribution in [3.05, 3.63) is 66.2 Å². The minimum Gasteiger partial charge on any atom is -0.502 e. The van der Waals surface area contributed by atoms with Crippen LogP contribution in [0.4, 0.5) is 0 Å². The van der Waals surface area contributed by atoms with Crippen LogP contribution >= 0.6 is 0 Å².